The van der Waals surface area contributed by atoms with E-state index in [1.54, 1.807) is 26.3 Å². The lowest BCUT2D eigenvalue weighted by Crippen LogP contribution is -2.48. The molecule has 30 heavy (non-hydrogen) atoms. The lowest BCUT2D eigenvalue weighted by atomic mass is 10.0. The maximum atomic E-state index is 13.0. The molecule has 0 radical (unpaired) electrons. The summed E-state index contributed by atoms with van der Waals surface area (Å²) in [4.78, 5) is 6.68. The molecule has 3 rings (SSSR count). The molecule has 0 bridgehead atoms. The predicted octanol–water partition coefficient (Wildman–Crippen LogP) is 3.49. The van der Waals surface area contributed by atoms with Gasteiger partial charge in [-0.3, -0.25) is 9.89 Å². The molecule has 1 heterocycles. The van der Waals surface area contributed by atoms with E-state index in [2.05, 4.69) is 20.5 Å². The van der Waals surface area contributed by atoms with Crippen LogP contribution in [0, 0.1) is 5.82 Å². The first-order valence-corrected chi connectivity index (χ1v) is 9.87. The minimum absolute atomic E-state index is 0. The Labute approximate surface area is 194 Å². The van der Waals surface area contributed by atoms with Gasteiger partial charge in [-0.25, -0.2) is 4.39 Å². The highest BCUT2D eigenvalue weighted by atomic mass is 127. The minimum atomic E-state index is -0.196. The Kier molecular flexibility index (Phi) is 9.64. The van der Waals surface area contributed by atoms with E-state index in [4.69, 9.17) is 4.74 Å². The molecule has 0 atom stereocenters. The smallest absolute Gasteiger partial charge is 0.191 e. The number of halogens is 2. The Bertz CT molecular complexity index is 824. The van der Waals surface area contributed by atoms with Crippen molar-refractivity contribution in [2.45, 2.75) is 32.0 Å². The summed E-state index contributed by atoms with van der Waals surface area (Å²) < 4.78 is 18.3. The second-order valence-electron chi connectivity index (χ2n) is 7.24. The van der Waals surface area contributed by atoms with Crippen molar-refractivity contribution in [1.82, 2.24) is 15.5 Å². The molecule has 1 aliphatic heterocycles. The van der Waals surface area contributed by atoms with E-state index in [1.165, 1.54) is 12.1 Å². The van der Waals surface area contributed by atoms with Crippen LogP contribution in [0.2, 0.25) is 0 Å². The zero-order chi connectivity index (χ0) is 20.6. The van der Waals surface area contributed by atoms with Gasteiger partial charge in [0.15, 0.2) is 5.96 Å². The van der Waals surface area contributed by atoms with E-state index in [9.17, 15) is 9.50 Å². The average molecular weight is 528 g/mol. The van der Waals surface area contributed by atoms with E-state index in [-0.39, 0.29) is 35.5 Å². The summed E-state index contributed by atoms with van der Waals surface area (Å²) in [5, 5.41) is 16.7. The van der Waals surface area contributed by atoms with Gasteiger partial charge in [-0.1, -0.05) is 12.1 Å². The fraction of sp³-hybridized carbons (Fsp3) is 0.409. The molecule has 0 aromatic heterocycles. The van der Waals surface area contributed by atoms with E-state index in [1.807, 2.05) is 18.2 Å². The first-order chi connectivity index (χ1) is 14.1. The molecule has 0 amide bonds. The second-order valence-corrected chi connectivity index (χ2v) is 7.24. The summed E-state index contributed by atoms with van der Waals surface area (Å²) in [6, 6.07) is 12.2. The largest absolute Gasteiger partial charge is 0.508 e. The van der Waals surface area contributed by atoms with E-state index >= 15 is 0 Å². The number of piperidine rings is 1. The number of benzene rings is 2. The summed E-state index contributed by atoms with van der Waals surface area (Å²) in [6.07, 6.45) is 2.01. The van der Waals surface area contributed by atoms with Crippen LogP contribution in [0.4, 0.5) is 4.39 Å². The molecule has 0 saturated carbocycles. The van der Waals surface area contributed by atoms with Gasteiger partial charge in [0.1, 0.15) is 17.3 Å². The van der Waals surface area contributed by atoms with Crippen LogP contribution in [0.15, 0.2) is 47.5 Å². The van der Waals surface area contributed by atoms with Crippen LogP contribution in [0.1, 0.15) is 24.0 Å². The van der Waals surface area contributed by atoms with Crippen LogP contribution in [-0.2, 0) is 13.1 Å². The monoisotopic (exact) mass is 528 g/mol. The van der Waals surface area contributed by atoms with Gasteiger partial charge in [0, 0.05) is 44.8 Å². The highest BCUT2D eigenvalue weighted by Gasteiger charge is 2.20. The Hall–Kier alpha value is -2.07. The molecule has 2 aromatic rings. The number of likely N-dealkylation sites (tertiary alicyclic amines) is 1. The summed E-state index contributed by atoms with van der Waals surface area (Å²) in [5.74, 6) is 1.45. The van der Waals surface area contributed by atoms with Crippen molar-refractivity contribution in [3.63, 3.8) is 0 Å². The van der Waals surface area contributed by atoms with Crippen molar-refractivity contribution in [3.05, 3.63) is 59.4 Å². The van der Waals surface area contributed by atoms with E-state index < -0.39 is 0 Å². The van der Waals surface area contributed by atoms with Crippen molar-refractivity contribution >= 4 is 29.9 Å². The van der Waals surface area contributed by atoms with Gasteiger partial charge in [0.25, 0.3) is 0 Å². The number of phenolic OH excluding ortho intramolecular Hbond substituents is 1. The fourth-order valence-electron chi connectivity index (χ4n) is 3.48. The molecule has 6 nitrogen and oxygen atoms in total. The Morgan fingerprint density at radius 3 is 2.53 bits per heavy atom. The van der Waals surface area contributed by atoms with Crippen molar-refractivity contribution in [3.8, 4) is 11.5 Å². The molecular weight excluding hydrogens is 498 g/mol. The lowest BCUT2D eigenvalue weighted by Gasteiger charge is -2.33. The first kappa shape index (κ1) is 24.2. The third-order valence-electron chi connectivity index (χ3n) is 5.20. The molecule has 3 N–H and O–H groups in total. The van der Waals surface area contributed by atoms with Crippen LogP contribution < -0.4 is 15.4 Å². The van der Waals surface area contributed by atoms with Gasteiger partial charge in [-0.2, -0.15) is 0 Å². The van der Waals surface area contributed by atoms with Crippen LogP contribution in [0.3, 0.4) is 0 Å². The van der Waals surface area contributed by atoms with Gasteiger partial charge in [-0.05, 0) is 48.7 Å². The highest BCUT2D eigenvalue weighted by molar-refractivity contribution is 14.0. The Balaban J connectivity index is 0.00000320. The first-order valence-electron chi connectivity index (χ1n) is 9.87. The molecular formula is C22H30FIN4O2. The van der Waals surface area contributed by atoms with Gasteiger partial charge in [-0.15, -0.1) is 24.0 Å². The molecule has 164 valence electrons. The molecule has 0 unspecified atom stereocenters. The van der Waals surface area contributed by atoms with E-state index in [0.29, 0.717) is 24.3 Å². The van der Waals surface area contributed by atoms with Crippen molar-refractivity contribution in [2.75, 3.05) is 27.2 Å². The number of hydrogen-bond donors (Lipinski definition) is 3. The van der Waals surface area contributed by atoms with Crippen LogP contribution >= 0.6 is 24.0 Å². The molecule has 1 fully saturated rings. The summed E-state index contributed by atoms with van der Waals surface area (Å²) in [5.41, 5.74) is 1.88. The SMILES string of the molecule is CN=C(NCc1cc(OC)ccc1O)NC1CCN(Cc2ccc(F)cc2)CC1.I. The number of nitrogens with one attached hydrogen (secondary N) is 2. The van der Waals surface area contributed by atoms with Gasteiger partial charge < -0.3 is 20.5 Å². The number of rotatable bonds is 6. The molecule has 2 aromatic carbocycles. The van der Waals surface area contributed by atoms with Gasteiger partial charge in [0.05, 0.1) is 7.11 Å². The predicted molar refractivity (Wildman–Crippen MR) is 128 cm³/mol. The van der Waals surface area contributed by atoms with Crippen LogP contribution in [0.25, 0.3) is 0 Å². The second kappa shape index (κ2) is 11.9. The average Bonchev–Trinajstić information content (AvgIpc) is 2.75. The topological polar surface area (TPSA) is 69.1 Å². The summed E-state index contributed by atoms with van der Waals surface area (Å²) in [6.45, 7) is 3.24. The maximum Gasteiger partial charge on any atom is 0.191 e. The number of phenols is 1. The fourth-order valence-corrected chi connectivity index (χ4v) is 3.48. The number of ether oxygens (including phenoxy) is 1. The number of aromatic hydroxyl groups is 1. The zero-order valence-corrected chi connectivity index (χ0v) is 19.7. The standard InChI is InChI=1S/C22H29FN4O2.HI/c1-24-22(25-14-17-13-20(29-2)7-8-21(17)28)26-19-9-11-27(12-10-19)15-16-3-5-18(23)6-4-16;/h3-8,13,19,28H,9-12,14-15H2,1-2H3,(H2,24,25,26);1H. The third kappa shape index (κ3) is 7.02. The number of guanidine groups is 1. The van der Waals surface area contributed by atoms with Gasteiger partial charge in [0.2, 0.25) is 0 Å². The number of nitrogens with zero attached hydrogens (tertiary/aromatic N) is 2. The summed E-state index contributed by atoms with van der Waals surface area (Å²) in [7, 11) is 3.34. The van der Waals surface area contributed by atoms with Crippen molar-refractivity contribution in [1.29, 1.82) is 0 Å². The molecule has 1 saturated heterocycles. The lowest BCUT2D eigenvalue weighted by molar-refractivity contribution is 0.198. The molecule has 0 spiro atoms. The Morgan fingerprint density at radius 2 is 1.90 bits per heavy atom. The molecule has 8 heteroatoms. The van der Waals surface area contributed by atoms with Crippen molar-refractivity contribution < 1.29 is 14.2 Å². The highest BCUT2D eigenvalue weighted by Crippen LogP contribution is 2.22. The van der Waals surface area contributed by atoms with Crippen LogP contribution in [0.5, 0.6) is 11.5 Å². The molecule has 0 aliphatic carbocycles. The maximum absolute atomic E-state index is 13.0. The van der Waals surface area contributed by atoms with Gasteiger partial charge >= 0.3 is 0 Å². The zero-order valence-electron chi connectivity index (χ0n) is 17.4. The van der Waals surface area contributed by atoms with Crippen molar-refractivity contribution in [2.24, 2.45) is 4.99 Å². The molecule has 1 aliphatic rings. The summed E-state index contributed by atoms with van der Waals surface area (Å²) >= 11 is 0. The quantitative estimate of drug-likeness (QED) is 0.305. The number of aliphatic imine (C=N–C) groups is 1. The Morgan fingerprint density at radius 1 is 1.20 bits per heavy atom. The normalized spacial score (nSPS) is 15.4. The number of methoxy groups -OCH3 is 1. The van der Waals surface area contributed by atoms with Crippen LogP contribution in [-0.4, -0.2) is 49.3 Å². The minimum Gasteiger partial charge on any atom is -0.508 e. The third-order valence-corrected chi connectivity index (χ3v) is 5.20. The number of hydrogen-bond acceptors (Lipinski definition) is 4. The van der Waals surface area contributed by atoms with E-state index in [0.717, 1.165) is 43.6 Å².